The molecule has 1 saturated heterocycles. The Bertz CT molecular complexity index is 1670. The summed E-state index contributed by atoms with van der Waals surface area (Å²) in [4.78, 5) is 51.1. The average Bonchev–Trinajstić information content (AvgIpc) is 3.39. The summed E-state index contributed by atoms with van der Waals surface area (Å²) in [5.41, 5.74) is 0. The quantitative estimate of drug-likeness (QED) is 0.0228. The second-order valence-electron chi connectivity index (χ2n) is 19.5. The second-order valence-corrected chi connectivity index (χ2v) is 19.5. The normalized spacial score (nSPS) is 18.9. The van der Waals surface area contributed by atoms with E-state index < -0.39 is 67.3 Å². The fourth-order valence-corrected chi connectivity index (χ4v) is 8.20. The number of esters is 3. The van der Waals surface area contributed by atoms with E-state index in [2.05, 4.69) is 118 Å². The monoisotopic (exact) mass is 1050 g/mol. The molecular weight excluding hydrogens is 949 g/mol. The molecule has 6 atom stereocenters. The Balaban J connectivity index is 2.71. The van der Waals surface area contributed by atoms with Crippen LogP contribution in [0.2, 0.25) is 0 Å². The first-order chi connectivity index (χ1) is 36.6. The molecule has 1 fully saturated rings. The molecule has 1 aliphatic heterocycles. The Morgan fingerprint density at radius 2 is 0.840 bits per heavy atom. The van der Waals surface area contributed by atoms with Gasteiger partial charge in [-0.3, -0.25) is 14.4 Å². The Kier molecular flexibility index (Phi) is 46.2. The van der Waals surface area contributed by atoms with Crippen molar-refractivity contribution in [3.8, 4) is 0 Å². The fraction of sp³-hybridized carbons (Fsp3) is 0.683. The van der Waals surface area contributed by atoms with Crippen molar-refractivity contribution < 1.29 is 58.2 Å². The molecule has 12 heteroatoms. The molecule has 1 rings (SSSR count). The van der Waals surface area contributed by atoms with Gasteiger partial charge in [0.05, 0.1) is 6.61 Å². The molecule has 3 N–H and O–H groups in total. The highest BCUT2D eigenvalue weighted by atomic mass is 16.7. The highest BCUT2D eigenvalue weighted by Gasteiger charge is 2.50. The lowest BCUT2D eigenvalue weighted by Gasteiger charge is -2.40. The van der Waals surface area contributed by atoms with Crippen molar-refractivity contribution in [3.05, 3.63) is 97.2 Å². The summed E-state index contributed by atoms with van der Waals surface area (Å²) in [5.74, 6) is -3.18. The summed E-state index contributed by atoms with van der Waals surface area (Å²) in [6.45, 7) is 5.67. The van der Waals surface area contributed by atoms with Gasteiger partial charge in [-0.2, -0.15) is 0 Å². The molecule has 0 aromatic heterocycles. The minimum Gasteiger partial charge on any atom is -0.479 e. The van der Waals surface area contributed by atoms with E-state index in [0.717, 1.165) is 161 Å². The fourth-order valence-electron chi connectivity index (χ4n) is 8.20. The van der Waals surface area contributed by atoms with Gasteiger partial charge in [0.15, 0.2) is 24.6 Å². The Labute approximate surface area is 453 Å². The van der Waals surface area contributed by atoms with Gasteiger partial charge >= 0.3 is 23.9 Å². The molecule has 0 aliphatic carbocycles. The van der Waals surface area contributed by atoms with Crippen LogP contribution < -0.4 is 0 Å². The second kappa shape index (κ2) is 50.5. The van der Waals surface area contributed by atoms with E-state index in [4.69, 9.17) is 23.7 Å². The summed E-state index contributed by atoms with van der Waals surface area (Å²) in [6, 6.07) is 0. The van der Waals surface area contributed by atoms with Gasteiger partial charge in [-0.1, -0.05) is 195 Å². The molecule has 0 amide bonds. The van der Waals surface area contributed by atoms with E-state index in [0.29, 0.717) is 19.3 Å². The lowest BCUT2D eigenvalue weighted by Crippen LogP contribution is -2.61. The number of carboxylic acid groups (broad SMARTS) is 1. The zero-order valence-electron chi connectivity index (χ0n) is 46.8. The van der Waals surface area contributed by atoms with Gasteiger partial charge in [-0.25, -0.2) is 4.79 Å². The number of ether oxygens (including phenoxy) is 5. The van der Waals surface area contributed by atoms with Crippen molar-refractivity contribution in [1.82, 2.24) is 0 Å². The van der Waals surface area contributed by atoms with Crippen molar-refractivity contribution in [1.29, 1.82) is 0 Å². The van der Waals surface area contributed by atoms with Gasteiger partial charge in [-0.15, -0.1) is 0 Å². The first-order valence-electron chi connectivity index (χ1n) is 29.2. The molecule has 12 nitrogen and oxygen atoms in total. The summed E-state index contributed by atoms with van der Waals surface area (Å²) >= 11 is 0. The highest BCUT2D eigenvalue weighted by Crippen LogP contribution is 2.26. The van der Waals surface area contributed by atoms with Crippen LogP contribution in [0.15, 0.2) is 97.2 Å². The van der Waals surface area contributed by atoms with Gasteiger partial charge in [0, 0.05) is 19.3 Å². The predicted molar refractivity (Wildman–Crippen MR) is 303 cm³/mol. The van der Waals surface area contributed by atoms with Gasteiger partial charge in [0.2, 0.25) is 0 Å². The number of unbranched alkanes of at least 4 members (excludes halogenated alkanes) is 18. The van der Waals surface area contributed by atoms with Crippen molar-refractivity contribution in [2.24, 2.45) is 0 Å². The van der Waals surface area contributed by atoms with Crippen molar-refractivity contribution in [3.63, 3.8) is 0 Å². The average molecular weight is 1050 g/mol. The summed E-state index contributed by atoms with van der Waals surface area (Å²) in [7, 11) is 0. The number of rotatable bonds is 48. The lowest BCUT2D eigenvalue weighted by molar-refractivity contribution is -0.301. The SMILES string of the molecule is CC/C=C\C/C=C\C/C=C\CCCCCCCCCC(=O)OCC(COC1OC(C(=O)O)C(O)C(O)C1OC(=O)CCCCCCC/C=C\C/C=C\C/C=C\CC)OC(=O)CCCCCCC/C=C\C/C=C\CCC. The van der Waals surface area contributed by atoms with Crippen LogP contribution in [0.4, 0.5) is 0 Å². The zero-order chi connectivity index (χ0) is 54.7. The van der Waals surface area contributed by atoms with E-state index in [1.165, 1.54) is 6.42 Å². The summed E-state index contributed by atoms with van der Waals surface area (Å²) in [6.07, 6.45) is 53.7. The van der Waals surface area contributed by atoms with E-state index in [1.54, 1.807) is 0 Å². The molecule has 1 aliphatic rings. The number of allylic oxidation sites excluding steroid dienone is 16. The smallest absolute Gasteiger partial charge is 0.335 e. The summed E-state index contributed by atoms with van der Waals surface area (Å²) in [5, 5.41) is 31.5. The summed E-state index contributed by atoms with van der Waals surface area (Å²) < 4.78 is 28.4. The molecule has 0 aromatic rings. The maximum atomic E-state index is 13.1. The molecule has 0 bridgehead atoms. The minimum atomic E-state index is -1.92. The Hall–Kier alpha value is -4.36. The number of aliphatic hydroxyl groups excluding tert-OH is 2. The van der Waals surface area contributed by atoms with E-state index in [9.17, 15) is 34.5 Å². The van der Waals surface area contributed by atoms with Crippen LogP contribution in [-0.2, 0) is 42.9 Å². The number of carbonyl (C=O) groups is 4. The third-order valence-corrected chi connectivity index (χ3v) is 12.6. The van der Waals surface area contributed by atoms with E-state index >= 15 is 0 Å². The number of carboxylic acids is 1. The number of aliphatic carboxylic acids is 1. The van der Waals surface area contributed by atoms with E-state index in [1.807, 2.05) is 0 Å². The van der Waals surface area contributed by atoms with Gasteiger partial charge < -0.3 is 39.0 Å². The van der Waals surface area contributed by atoms with Crippen molar-refractivity contribution in [2.75, 3.05) is 13.2 Å². The topological polar surface area (TPSA) is 175 Å². The molecule has 6 unspecified atom stereocenters. The standard InChI is InChI=1S/C63H102O12/c1-4-7-10-13-16-19-22-25-27-28-30-32-34-37-40-43-46-49-55(64)71-52-54(73-56(65)50-47-44-41-38-35-31-24-21-18-15-12-9-6-3)53-72-63-61(59(68)58(67)60(75-63)62(69)70)74-57(66)51-48-45-42-39-36-33-29-26-23-20-17-14-11-8-5-2/h7-8,10-12,15-17,19-21,24-27,29,54,58-61,63,67-68H,4-6,9,13-14,18,22-23,28,30-53H2,1-3H3,(H,69,70)/b10-7-,11-8-,15-12-,19-16-,20-17-,24-21-,27-25-,29-26-. The Morgan fingerprint density at radius 1 is 0.453 bits per heavy atom. The lowest BCUT2D eigenvalue weighted by atomic mass is 9.98. The van der Waals surface area contributed by atoms with Crippen molar-refractivity contribution in [2.45, 2.75) is 263 Å². The molecule has 426 valence electrons. The number of aliphatic hydroxyl groups is 2. The predicted octanol–water partition coefficient (Wildman–Crippen LogP) is 14.9. The maximum Gasteiger partial charge on any atom is 0.335 e. The van der Waals surface area contributed by atoms with Crippen LogP contribution in [0.25, 0.3) is 0 Å². The third kappa shape index (κ3) is 40.6. The molecule has 0 spiro atoms. The number of hydrogen-bond acceptors (Lipinski definition) is 11. The van der Waals surface area contributed by atoms with E-state index in [-0.39, 0.29) is 25.9 Å². The van der Waals surface area contributed by atoms with Crippen LogP contribution in [0.5, 0.6) is 0 Å². The highest BCUT2D eigenvalue weighted by molar-refractivity contribution is 5.74. The molecular formula is C63H102O12. The zero-order valence-corrected chi connectivity index (χ0v) is 46.8. The molecule has 1 heterocycles. The van der Waals surface area contributed by atoms with Crippen molar-refractivity contribution >= 4 is 23.9 Å². The number of carbonyl (C=O) groups excluding carboxylic acids is 3. The van der Waals surface area contributed by atoms with Crippen LogP contribution in [0.1, 0.15) is 226 Å². The Morgan fingerprint density at radius 3 is 1.28 bits per heavy atom. The first-order valence-corrected chi connectivity index (χ1v) is 29.2. The molecule has 0 aromatic carbocycles. The molecule has 75 heavy (non-hydrogen) atoms. The largest absolute Gasteiger partial charge is 0.479 e. The maximum absolute atomic E-state index is 13.1. The van der Waals surface area contributed by atoms with Gasteiger partial charge in [0.25, 0.3) is 0 Å². The first kappa shape index (κ1) is 68.7. The number of hydrogen-bond donors (Lipinski definition) is 3. The van der Waals surface area contributed by atoms with Crippen LogP contribution in [0.3, 0.4) is 0 Å². The molecule has 0 radical (unpaired) electrons. The third-order valence-electron chi connectivity index (χ3n) is 12.6. The van der Waals surface area contributed by atoms with Gasteiger partial charge in [0.1, 0.15) is 18.8 Å². The van der Waals surface area contributed by atoms with Gasteiger partial charge in [-0.05, 0) is 109 Å². The molecule has 0 saturated carbocycles. The van der Waals surface area contributed by atoms with Crippen LogP contribution >= 0.6 is 0 Å². The minimum absolute atomic E-state index is 0.0343. The van der Waals surface area contributed by atoms with Crippen LogP contribution in [-0.4, -0.2) is 89.2 Å². The van der Waals surface area contributed by atoms with Crippen LogP contribution in [0, 0.1) is 0 Å².